The molecule has 0 fully saturated rings. The molecule has 0 aliphatic heterocycles. The van der Waals surface area contributed by atoms with Crippen molar-refractivity contribution in [2.24, 2.45) is 11.8 Å². The van der Waals surface area contributed by atoms with E-state index in [0.717, 1.165) is 36.1 Å². The predicted molar refractivity (Wildman–Crippen MR) is 92.1 cm³/mol. The first kappa shape index (κ1) is 17.0. The van der Waals surface area contributed by atoms with Crippen LogP contribution in [0.4, 0.5) is 5.00 Å². The molecule has 7 heteroatoms. The van der Waals surface area contributed by atoms with Crippen molar-refractivity contribution >= 4 is 39.8 Å². The van der Waals surface area contributed by atoms with E-state index in [9.17, 15) is 20.0 Å². The third-order valence-corrected chi connectivity index (χ3v) is 6.18. The first-order valence-electron chi connectivity index (χ1n) is 7.94. The predicted octanol–water partition coefficient (Wildman–Crippen LogP) is 3.67. The number of carbonyl (C=O) groups is 2. The van der Waals surface area contributed by atoms with E-state index in [2.05, 4.69) is 11.4 Å². The van der Waals surface area contributed by atoms with Gasteiger partial charge in [-0.2, -0.15) is 5.26 Å². The van der Waals surface area contributed by atoms with Crippen LogP contribution in [-0.4, -0.2) is 17.0 Å². The Morgan fingerprint density at radius 1 is 1.33 bits per heavy atom. The van der Waals surface area contributed by atoms with Crippen molar-refractivity contribution in [1.29, 1.82) is 5.26 Å². The lowest BCUT2D eigenvalue weighted by atomic mass is 9.82. The second-order valence-corrected chi connectivity index (χ2v) is 7.75. The number of nitrogens with one attached hydrogen (secondary N) is 1. The average molecular weight is 365 g/mol. The third-order valence-electron chi connectivity index (χ3n) is 4.67. The zero-order chi connectivity index (χ0) is 17.3. The molecule has 2 N–H and O–H groups in total. The fourth-order valence-electron chi connectivity index (χ4n) is 3.38. The summed E-state index contributed by atoms with van der Waals surface area (Å²) < 4.78 is 0. The smallest absolute Gasteiger partial charge is 0.307 e. The van der Waals surface area contributed by atoms with E-state index < -0.39 is 17.8 Å². The Labute approximate surface area is 148 Å². The first-order valence-corrected chi connectivity index (χ1v) is 9.13. The lowest BCUT2D eigenvalue weighted by Gasteiger charge is -2.25. The molecule has 24 heavy (non-hydrogen) atoms. The minimum Gasteiger partial charge on any atom is -0.481 e. The molecule has 0 saturated carbocycles. The fraction of sp³-hybridized carbons (Fsp3) is 0.471. The first-order chi connectivity index (χ1) is 11.5. The highest BCUT2D eigenvalue weighted by Crippen LogP contribution is 2.39. The Morgan fingerprint density at radius 2 is 2.08 bits per heavy atom. The van der Waals surface area contributed by atoms with Gasteiger partial charge in [-0.15, -0.1) is 11.3 Å². The number of thiophene rings is 1. The van der Waals surface area contributed by atoms with Crippen LogP contribution in [0.15, 0.2) is 11.1 Å². The van der Waals surface area contributed by atoms with Crippen LogP contribution in [0.25, 0.3) is 0 Å². The lowest BCUT2D eigenvalue weighted by Crippen LogP contribution is -2.35. The van der Waals surface area contributed by atoms with Crippen LogP contribution in [0, 0.1) is 23.2 Å². The van der Waals surface area contributed by atoms with Crippen molar-refractivity contribution in [3.05, 3.63) is 27.1 Å². The summed E-state index contributed by atoms with van der Waals surface area (Å²) >= 11 is 7.45. The number of hydrogen-bond donors (Lipinski definition) is 2. The van der Waals surface area contributed by atoms with Gasteiger partial charge in [0.2, 0.25) is 5.91 Å². The quantitative estimate of drug-likeness (QED) is 0.856. The summed E-state index contributed by atoms with van der Waals surface area (Å²) in [5.74, 6) is -2.87. The van der Waals surface area contributed by atoms with Crippen LogP contribution in [-0.2, 0) is 22.4 Å². The highest BCUT2D eigenvalue weighted by atomic mass is 35.5. The van der Waals surface area contributed by atoms with Gasteiger partial charge < -0.3 is 10.4 Å². The average Bonchev–Trinajstić information content (AvgIpc) is 2.91. The Balaban J connectivity index is 1.84. The lowest BCUT2D eigenvalue weighted by molar-refractivity contribution is -0.146. The molecule has 0 saturated heterocycles. The number of aryl methyl sites for hydroxylation is 1. The normalized spacial score (nSPS) is 22.9. The molecule has 1 aromatic heterocycles. The van der Waals surface area contributed by atoms with Gasteiger partial charge in [0.1, 0.15) is 11.1 Å². The van der Waals surface area contributed by atoms with Gasteiger partial charge in [0.25, 0.3) is 0 Å². The summed E-state index contributed by atoms with van der Waals surface area (Å²) in [6.45, 7) is 0. The summed E-state index contributed by atoms with van der Waals surface area (Å²) in [5.41, 5.74) is 1.58. The number of fused-ring (bicyclic) bond motifs is 1. The van der Waals surface area contributed by atoms with E-state index in [1.54, 1.807) is 6.08 Å². The van der Waals surface area contributed by atoms with E-state index in [0.29, 0.717) is 15.6 Å². The number of carbonyl (C=O) groups excluding carboxylic acids is 1. The Bertz CT molecular complexity index is 763. The van der Waals surface area contributed by atoms with Crippen LogP contribution < -0.4 is 5.32 Å². The molecule has 1 heterocycles. The SMILES string of the molecule is N#Cc1c(NC(=O)[C@H]2CC(Cl)=CC[C@@H]2C(=O)O)sc2c1CCCC2. The molecule has 2 atom stereocenters. The van der Waals surface area contributed by atoms with Crippen LogP contribution >= 0.6 is 22.9 Å². The van der Waals surface area contributed by atoms with Crippen molar-refractivity contribution in [2.75, 3.05) is 5.32 Å². The number of rotatable bonds is 3. The molecule has 0 aromatic carbocycles. The highest BCUT2D eigenvalue weighted by molar-refractivity contribution is 7.16. The van der Waals surface area contributed by atoms with E-state index in [1.165, 1.54) is 11.3 Å². The molecule has 2 aliphatic rings. The molecule has 0 spiro atoms. The van der Waals surface area contributed by atoms with Crippen molar-refractivity contribution in [1.82, 2.24) is 0 Å². The molecule has 2 aliphatic carbocycles. The molecular formula is C17H17ClN2O3S. The molecule has 0 bridgehead atoms. The van der Waals surface area contributed by atoms with Crippen molar-refractivity contribution in [2.45, 2.75) is 38.5 Å². The van der Waals surface area contributed by atoms with Gasteiger partial charge in [-0.3, -0.25) is 9.59 Å². The maximum atomic E-state index is 12.6. The van der Waals surface area contributed by atoms with Crippen molar-refractivity contribution < 1.29 is 14.7 Å². The van der Waals surface area contributed by atoms with Crippen LogP contribution in [0.5, 0.6) is 0 Å². The van der Waals surface area contributed by atoms with Gasteiger partial charge >= 0.3 is 5.97 Å². The van der Waals surface area contributed by atoms with Crippen molar-refractivity contribution in [3.8, 4) is 6.07 Å². The van der Waals surface area contributed by atoms with Gasteiger partial charge in [0.15, 0.2) is 0 Å². The molecule has 5 nitrogen and oxygen atoms in total. The number of allylic oxidation sites excluding steroid dienone is 2. The molecule has 0 radical (unpaired) electrons. The van der Waals surface area contributed by atoms with Gasteiger partial charge in [0, 0.05) is 9.91 Å². The van der Waals surface area contributed by atoms with Crippen molar-refractivity contribution in [3.63, 3.8) is 0 Å². The van der Waals surface area contributed by atoms with Gasteiger partial charge in [-0.25, -0.2) is 0 Å². The van der Waals surface area contributed by atoms with Crippen LogP contribution in [0.1, 0.15) is 41.7 Å². The number of nitriles is 1. The van der Waals surface area contributed by atoms with E-state index in [4.69, 9.17) is 11.6 Å². The number of aliphatic carboxylic acids is 1. The highest BCUT2D eigenvalue weighted by Gasteiger charge is 2.36. The van der Waals surface area contributed by atoms with E-state index >= 15 is 0 Å². The second-order valence-electron chi connectivity index (χ2n) is 6.16. The number of carboxylic acids is 1. The van der Waals surface area contributed by atoms with Crippen LogP contribution in [0.2, 0.25) is 0 Å². The number of amides is 1. The number of nitrogens with zero attached hydrogens (tertiary/aromatic N) is 1. The minimum absolute atomic E-state index is 0.220. The maximum absolute atomic E-state index is 12.6. The molecule has 1 amide bonds. The molecule has 1 aromatic rings. The standard InChI is InChI=1S/C17H17ClN2O3S/c18-9-5-6-11(17(22)23)12(7-9)15(21)20-16-13(8-19)10-3-1-2-4-14(10)24-16/h5,11-12H,1-4,6-7H2,(H,20,21)(H,22,23)/t11-,12-/m0/s1. The summed E-state index contributed by atoms with van der Waals surface area (Å²) in [4.78, 5) is 25.2. The second kappa shape index (κ2) is 6.96. The summed E-state index contributed by atoms with van der Waals surface area (Å²) in [6, 6.07) is 2.20. The molecule has 3 rings (SSSR count). The van der Waals surface area contributed by atoms with Crippen LogP contribution in [0.3, 0.4) is 0 Å². The summed E-state index contributed by atoms with van der Waals surface area (Å²) in [7, 11) is 0. The summed E-state index contributed by atoms with van der Waals surface area (Å²) in [5, 5.41) is 22.7. The number of anilines is 1. The maximum Gasteiger partial charge on any atom is 0.307 e. The fourth-order valence-corrected chi connectivity index (χ4v) is 4.88. The Hall–Kier alpha value is -1.84. The topological polar surface area (TPSA) is 90.2 Å². The molecule has 0 unspecified atom stereocenters. The number of carboxylic acid groups (broad SMARTS) is 1. The Morgan fingerprint density at radius 3 is 2.79 bits per heavy atom. The van der Waals surface area contributed by atoms with Gasteiger partial charge in [0.05, 0.1) is 17.4 Å². The van der Waals surface area contributed by atoms with E-state index in [1.807, 2.05) is 0 Å². The van der Waals surface area contributed by atoms with Gasteiger partial charge in [-0.05, 0) is 44.1 Å². The zero-order valence-corrected chi connectivity index (χ0v) is 14.5. The monoisotopic (exact) mass is 364 g/mol. The molecule has 126 valence electrons. The zero-order valence-electron chi connectivity index (χ0n) is 13.0. The van der Waals surface area contributed by atoms with Gasteiger partial charge in [-0.1, -0.05) is 17.7 Å². The number of hydrogen-bond acceptors (Lipinski definition) is 4. The minimum atomic E-state index is -0.999. The molecular weight excluding hydrogens is 348 g/mol. The Kier molecular flexibility index (Phi) is 4.93. The number of halogens is 1. The largest absolute Gasteiger partial charge is 0.481 e. The van der Waals surface area contributed by atoms with E-state index in [-0.39, 0.29) is 18.7 Å². The summed E-state index contributed by atoms with van der Waals surface area (Å²) in [6.07, 6.45) is 6.07. The third kappa shape index (κ3) is 3.19.